The van der Waals surface area contributed by atoms with Crippen LogP contribution in [0.5, 0.6) is 0 Å². The first-order chi connectivity index (χ1) is 7.79. The minimum absolute atomic E-state index is 0.280. The summed E-state index contributed by atoms with van der Waals surface area (Å²) in [5.74, 6) is 0.798. The van der Waals surface area contributed by atoms with Crippen molar-refractivity contribution >= 4 is 17.2 Å². The van der Waals surface area contributed by atoms with Crippen molar-refractivity contribution in [1.29, 1.82) is 0 Å². The molecule has 0 radical (unpaired) electrons. The third-order valence-electron chi connectivity index (χ3n) is 3.18. The van der Waals surface area contributed by atoms with Gasteiger partial charge in [-0.3, -0.25) is 4.79 Å². The van der Waals surface area contributed by atoms with Crippen LogP contribution < -0.4 is 5.73 Å². The molecular formula is C12H18N2OS. The maximum Gasteiger partial charge on any atom is 0.222 e. The second kappa shape index (κ2) is 5.46. The Morgan fingerprint density at radius 2 is 2.50 bits per heavy atom. The Hall–Kier alpha value is -0.870. The molecule has 1 unspecified atom stereocenters. The van der Waals surface area contributed by atoms with Gasteiger partial charge < -0.3 is 10.6 Å². The second-order valence-corrected chi connectivity index (χ2v) is 5.14. The Labute approximate surface area is 100 Å². The molecule has 1 saturated heterocycles. The SMILES string of the molecule is NCC1CCN(C(=O)CCc2ccsc2)C1. The van der Waals surface area contributed by atoms with E-state index in [2.05, 4.69) is 16.8 Å². The maximum atomic E-state index is 11.9. The van der Waals surface area contributed by atoms with E-state index in [1.807, 2.05) is 4.90 Å². The van der Waals surface area contributed by atoms with Gasteiger partial charge in [0, 0.05) is 19.5 Å². The Balaban J connectivity index is 1.76. The molecule has 4 heteroatoms. The number of likely N-dealkylation sites (tertiary alicyclic amines) is 1. The molecule has 1 aromatic heterocycles. The number of hydrogen-bond acceptors (Lipinski definition) is 3. The van der Waals surface area contributed by atoms with E-state index in [0.29, 0.717) is 18.9 Å². The quantitative estimate of drug-likeness (QED) is 0.864. The lowest BCUT2D eigenvalue weighted by molar-refractivity contribution is -0.130. The van der Waals surface area contributed by atoms with Gasteiger partial charge in [-0.05, 0) is 47.7 Å². The average molecular weight is 238 g/mol. The Morgan fingerprint density at radius 3 is 3.12 bits per heavy atom. The summed E-state index contributed by atoms with van der Waals surface area (Å²) >= 11 is 1.69. The third-order valence-corrected chi connectivity index (χ3v) is 3.91. The summed E-state index contributed by atoms with van der Waals surface area (Å²) in [4.78, 5) is 13.9. The first-order valence-corrected chi connectivity index (χ1v) is 6.73. The Kier molecular flexibility index (Phi) is 3.96. The van der Waals surface area contributed by atoms with Crippen molar-refractivity contribution < 1.29 is 4.79 Å². The van der Waals surface area contributed by atoms with E-state index >= 15 is 0 Å². The van der Waals surface area contributed by atoms with Gasteiger partial charge in [0.05, 0.1) is 0 Å². The fraction of sp³-hybridized carbons (Fsp3) is 0.583. The van der Waals surface area contributed by atoms with Crippen molar-refractivity contribution in [3.05, 3.63) is 22.4 Å². The van der Waals surface area contributed by atoms with E-state index in [9.17, 15) is 4.79 Å². The number of rotatable bonds is 4. The Morgan fingerprint density at radius 1 is 1.62 bits per heavy atom. The molecule has 2 N–H and O–H groups in total. The summed E-state index contributed by atoms with van der Waals surface area (Å²) in [5, 5.41) is 4.17. The normalized spacial score (nSPS) is 20.3. The molecule has 1 aliphatic rings. The highest BCUT2D eigenvalue weighted by Gasteiger charge is 2.24. The second-order valence-electron chi connectivity index (χ2n) is 4.36. The average Bonchev–Trinajstić information content (AvgIpc) is 2.96. The number of nitrogens with two attached hydrogens (primary N) is 1. The predicted octanol–water partition coefficient (Wildman–Crippen LogP) is 1.49. The van der Waals surface area contributed by atoms with Crippen LogP contribution in [0.4, 0.5) is 0 Å². The van der Waals surface area contributed by atoms with Gasteiger partial charge in [0.25, 0.3) is 0 Å². The lowest BCUT2D eigenvalue weighted by Crippen LogP contribution is -2.29. The Bertz CT molecular complexity index is 337. The smallest absolute Gasteiger partial charge is 0.222 e. The molecule has 1 amide bonds. The number of thiophene rings is 1. The van der Waals surface area contributed by atoms with Gasteiger partial charge in [-0.2, -0.15) is 11.3 Å². The van der Waals surface area contributed by atoms with Gasteiger partial charge in [-0.25, -0.2) is 0 Å². The number of hydrogen-bond donors (Lipinski definition) is 1. The molecule has 1 aliphatic heterocycles. The van der Waals surface area contributed by atoms with E-state index in [-0.39, 0.29) is 5.91 Å². The topological polar surface area (TPSA) is 46.3 Å². The maximum absolute atomic E-state index is 11.9. The van der Waals surface area contributed by atoms with Crippen molar-refractivity contribution in [2.75, 3.05) is 19.6 Å². The fourth-order valence-electron chi connectivity index (χ4n) is 2.10. The van der Waals surface area contributed by atoms with Crippen molar-refractivity contribution in [2.24, 2.45) is 11.7 Å². The molecule has 0 spiro atoms. The number of aryl methyl sites for hydroxylation is 1. The van der Waals surface area contributed by atoms with E-state index in [1.54, 1.807) is 11.3 Å². The molecule has 0 aromatic carbocycles. The first kappa shape index (κ1) is 11.6. The molecule has 16 heavy (non-hydrogen) atoms. The minimum atomic E-state index is 0.280. The van der Waals surface area contributed by atoms with Gasteiger partial charge in [-0.15, -0.1) is 0 Å². The van der Waals surface area contributed by atoms with E-state index in [1.165, 1.54) is 5.56 Å². The summed E-state index contributed by atoms with van der Waals surface area (Å²) in [6, 6.07) is 2.09. The summed E-state index contributed by atoms with van der Waals surface area (Å²) in [7, 11) is 0. The van der Waals surface area contributed by atoms with Crippen LogP contribution in [0.3, 0.4) is 0 Å². The highest BCUT2D eigenvalue weighted by Crippen LogP contribution is 2.17. The summed E-state index contributed by atoms with van der Waals surface area (Å²) in [5.41, 5.74) is 6.88. The van der Waals surface area contributed by atoms with Crippen molar-refractivity contribution in [3.8, 4) is 0 Å². The highest BCUT2D eigenvalue weighted by atomic mass is 32.1. The van der Waals surface area contributed by atoms with Crippen molar-refractivity contribution in [3.63, 3.8) is 0 Å². The van der Waals surface area contributed by atoms with Crippen LogP contribution in [0, 0.1) is 5.92 Å². The number of carbonyl (C=O) groups excluding carboxylic acids is 1. The van der Waals surface area contributed by atoms with E-state index in [0.717, 1.165) is 25.9 Å². The predicted molar refractivity (Wildman–Crippen MR) is 66.4 cm³/mol. The number of carbonyl (C=O) groups is 1. The van der Waals surface area contributed by atoms with Crippen LogP contribution in [0.2, 0.25) is 0 Å². The molecule has 1 fully saturated rings. The summed E-state index contributed by atoms with van der Waals surface area (Å²) in [6.07, 6.45) is 2.57. The van der Waals surface area contributed by atoms with Gasteiger partial charge in [-0.1, -0.05) is 0 Å². The fourth-order valence-corrected chi connectivity index (χ4v) is 2.80. The van der Waals surface area contributed by atoms with Crippen LogP contribution in [0.1, 0.15) is 18.4 Å². The molecule has 1 atom stereocenters. The van der Waals surface area contributed by atoms with Crippen LogP contribution in [0.15, 0.2) is 16.8 Å². The van der Waals surface area contributed by atoms with Gasteiger partial charge in [0.15, 0.2) is 0 Å². The zero-order valence-electron chi connectivity index (χ0n) is 9.39. The van der Waals surface area contributed by atoms with Gasteiger partial charge in [0.2, 0.25) is 5.91 Å². The van der Waals surface area contributed by atoms with Crippen molar-refractivity contribution in [1.82, 2.24) is 4.90 Å². The third kappa shape index (κ3) is 2.83. The molecule has 2 rings (SSSR count). The van der Waals surface area contributed by atoms with E-state index in [4.69, 9.17) is 5.73 Å². The number of amides is 1. The van der Waals surface area contributed by atoms with Crippen LogP contribution in [-0.4, -0.2) is 30.4 Å². The molecular weight excluding hydrogens is 220 g/mol. The molecule has 88 valence electrons. The number of nitrogens with zero attached hydrogens (tertiary/aromatic N) is 1. The lowest BCUT2D eigenvalue weighted by Gasteiger charge is -2.15. The molecule has 0 aliphatic carbocycles. The minimum Gasteiger partial charge on any atom is -0.342 e. The monoisotopic (exact) mass is 238 g/mol. The molecule has 0 bridgehead atoms. The zero-order valence-corrected chi connectivity index (χ0v) is 10.2. The summed E-state index contributed by atoms with van der Waals surface area (Å²) in [6.45, 7) is 2.46. The highest BCUT2D eigenvalue weighted by molar-refractivity contribution is 7.07. The van der Waals surface area contributed by atoms with Gasteiger partial charge >= 0.3 is 0 Å². The largest absolute Gasteiger partial charge is 0.342 e. The van der Waals surface area contributed by atoms with E-state index < -0.39 is 0 Å². The summed E-state index contributed by atoms with van der Waals surface area (Å²) < 4.78 is 0. The zero-order chi connectivity index (χ0) is 11.4. The van der Waals surface area contributed by atoms with Crippen molar-refractivity contribution in [2.45, 2.75) is 19.3 Å². The standard InChI is InChI=1S/C12H18N2OS/c13-7-11-3-5-14(8-11)12(15)2-1-10-4-6-16-9-10/h4,6,9,11H,1-3,5,7-8,13H2. The van der Waals surface area contributed by atoms with Gasteiger partial charge in [0.1, 0.15) is 0 Å². The first-order valence-electron chi connectivity index (χ1n) is 5.78. The molecule has 2 heterocycles. The van der Waals surface area contributed by atoms with Crippen LogP contribution in [-0.2, 0) is 11.2 Å². The van der Waals surface area contributed by atoms with Crippen LogP contribution >= 0.6 is 11.3 Å². The van der Waals surface area contributed by atoms with Crippen LogP contribution in [0.25, 0.3) is 0 Å². The molecule has 3 nitrogen and oxygen atoms in total. The molecule has 0 saturated carbocycles. The lowest BCUT2D eigenvalue weighted by atomic mass is 10.1. The molecule has 1 aromatic rings.